The largest absolute Gasteiger partial charge is 0.456 e. The second-order valence-electron chi connectivity index (χ2n) is 21.4. The average Bonchev–Trinajstić information content (AvgIpc) is 3.86. The molecule has 0 atom stereocenters. The fourth-order valence-electron chi connectivity index (χ4n) is 10.5. The molecule has 0 aliphatic carbocycles. The molecule has 0 amide bonds. The summed E-state index contributed by atoms with van der Waals surface area (Å²) in [4.78, 5) is 5.08. The Kier molecular flexibility index (Phi) is 8.39. The van der Waals surface area contributed by atoms with Gasteiger partial charge in [0.2, 0.25) is 0 Å². The fraction of sp³-hybridized carbons (Fsp3) is 0.200. The van der Waals surface area contributed by atoms with Gasteiger partial charge in [-0.3, -0.25) is 0 Å². The molecule has 4 nitrogen and oxygen atoms in total. The maximum Gasteiger partial charge on any atom is 0.252 e. The van der Waals surface area contributed by atoms with Crippen LogP contribution >= 0.6 is 0 Å². The lowest BCUT2D eigenvalue weighted by atomic mass is 9.33. The Morgan fingerprint density at radius 2 is 0.877 bits per heavy atom. The first kappa shape index (κ1) is 39.6. The summed E-state index contributed by atoms with van der Waals surface area (Å²) in [5.41, 5.74) is 20.5. The number of anilines is 6. The molecule has 0 radical (unpaired) electrons. The van der Waals surface area contributed by atoms with Crippen molar-refractivity contribution in [2.45, 2.75) is 78.6 Å². The Hall–Kier alpha value is -6.98. The standard InChI is InChI=1S/C60H53BN2O2/c1-58(2,3)37-23-29-47-49(31-37)62(40-25-21-36(22-26-40)42-17-14-18-46-44-16-11-13-20-54(44)65-57(42)46)51-33-39(60(7,8)9)34-52-56(51)61(47)48-30-24-38(59(4,5)6)32-50(48)63(52)41-27-28-45-43-15-10-12-19-53(43)64-55(45)35-41/h10-35H,1-9H3. The summed E-state index contributed by atoms with van der Waals surface area (Å²) in [6.07, 6.45) is 0. The van der Waals surface area contributed by atoms with Crippen LogP contribution in [0.4, 0.5) is 34.1 Å². The van der Waals surface area contributed by atoms with Gasteiger partial charge in [0.1, 0.15) is 22.3 Å². The zero-order valence-electron chi connectivity index (χ0n) is 38.8. The topological polar surface area (TPSA) is 32.8 Å². The first-order valence-corrected chi connectivity index (χ1v) is 23.1. The molecule has 0 saturated carbocycles. The summed E-state index contributed by atoms with van der Waals surface area (Å²) in [6.45, 7) is 20.9. The van der Waals surface area contributed by atoms with Gasteiger partial charge in [-0.15, -0.1) is 0 Å². The van der Waals surface area contributed by atoms with Gasteiger partial charge in [-0.2, -0.15) is 0 Å². The van der Waals surface area contributed by atoms with Gasteiger partial charge in [0, 0.05) is 67.3 Å². The third-order valence-corrected chi connectivity index (χ3v) is 14.1. The molecule has 8 aromatic carbocycles. The number of hydrogen-bond donors (Lipinski definition) is 0. The first-order chi connectivity index (χ1) is 31.1. The molecule has 318 valence electrons. The Morgan fingerprint density at radius 3 is 1.48 bits per heavy atom. The third kappa shape index (κ3) is 6.12. The fourth-order valence-corrected chi connectivity index (χ4v) is 10.5. The highest BCUT2D eigenvalue weighted by Crippen LogP contribution is 2.48. The second-order valence-corrected chi connectivity index (χ2v) is 21.4. The van der Waals surface area contributed by atoms with E-state index in [-0.39, 0.29) is 23.0 Å². The molecule has 0 saturated heterocycles. The molecule has 0 unspecified atom stereocenters. The summed E-state index contributed by atoms with van der Waals surface area (Å²) >= 11 is 0. The van der Waals surface area contributed by atoms with E-state index in [1.54, 1.807) is 0 Å². The molecule has 0 fully saturated rings. The van der Waals surface area contributed by atoms with E-state index in [2.05, 4.69) is 218 Å². The van der Waals surface area contributed by atoms with Crippen molar-refractivity contribution >= 4 is 101 Å². The van der Waals surface area contributed by atoms with Gasteiger partial charge in [0.05, 0.1) is 0 Å². The molecule has 0 spiro atoms. The van der Waals surface area contributed by atoms with Crippen molar-refractivity contribution in [2.75, 3.05) is 9.80 Å². The van der Waals surface area contributed by atoms with Crippen molar-refractivity contribution in [1.29, 1.82) is 0 Å². The van der Waals surface area contributed by atoms with Gasteiger partial charge in [-0.05, 0) is 116 Å². The van der Waals surface area contributed by atoms with E-state index < -0.39 is 0 Å². The molecule has 4 heterocycles. The van der Waals surface area contributed by atoms with Crippen LogP contribution in [0.5, 0.6) is 0 Å². The predicted molar refractivity (Wildman–Crippen MR) is 277 cm³/mol. The number of benzene rings is 8. The number of hydrogen-bond acceptors (Lipinski definition) is 4. The van der Waals surface area contributed by atoms with E-state index in [0.717, 1.165) is 66.4 Å². The Labute approximate surface area is 382 Å². The van der Waals surface area contributed by atoms with Crippen molar-refractivity contribution < 1.29 is 8.83 Å². The lowest BCUT2D eigenvalue weighted by molar-refractivity contribution is 0.590. The molecule has 10 aromatic rings. The van der Waals surface area contributed by atoms with Gasteiger partial charge in [0.25, 0.3) is 6.71 Å². The summed E-state index contributed by atoms with van der Waals surface area (Å²) in [6, 6.07) is 58.6. The third-order valence-electron chi connectivity index (χ3n) is 14.1. The maximum atomic E-state index is 6.59. The van der Waals surface area contributed by atoms with Crippen molar-refractivity contribution in [3.05, 3.63) is 174 Å². The van der Waals surface area contributed by atoms with E-state index in [1.165, 1.54) is 55.8 Å². The van der Waals surface area contributed by atoms with E-state index >= 15 is 0 Å². The molecular formula is C60H53BN2O2. The lowest BCUT2D eigenvalue weighted by Crippen LogP contribution is -2.61. The van der Waals surface area contributed by atoms with Crippen LogP contribution in [0.25, 0.3) is 55.0 Å². The summed E-state index contributed by atoms with van der Waals surface area (Å²) < 4.78 is 13.1. The zero-order chi connectivity index (χ0) is 44.7. The Balaban J connectivity index is 1.12. The predicted octanol–water partition coefficient (Wildman–Crippen LogP) is 15.1. The molecular weight excluding hydrogens is 791 g/mol. The van der Waals surface area contributed by atoms with Gasteiger partial charge in [0.15, 0.2) is 0 Å². The number of fused-ring (bicyclic) bond motifs is 10. The van der Waals surface area contributed by atoms with Gasteiger partial charge in [-0.25, -0.2) is 0 Å². The van der Waals surface area contributed by atoms with Crippen molar-refractivity contribution in [2.24, 2.45) is 0 Å². The second kappa shape index (κ2) is 13.8. The van der Waals surface area contributed by atoms with Crippen molar-refractivity contribution in [1.82, 2.24) is 0 Å². The van der Waals surface area contributed by atoms with Crippen LogP contribution in [-0.2, 0) is 16.2 Å². The molecule has 2 aliphatic rings. The normalized spacial score (nSPS) is 13.8. The molecule has 12 rings (SSSR count). The van der Waals surface area contributed by atoms with Crippen LogP contribution in [0.15, 0.2) is 167 Å². The molecule has 0 N–H and O–H groups in total. The average molecular weight is 845 g/mol. The molecule has 2 aromatic heterocycles. The van der Waals surface area contributed by atoms with E-state index in [9.17, 15) is 0 Å². The van der Waals surface area contributed by atoms with Gasteiger partial charge >= 0.3 is 0 Å². The number of rotatable bonds is 3. The highest BCUT2D eigenvalue weighted by Gasteiger charge is 2.45. The number of para-hydroxylation sites is 3. The highest BCUT2D eigenvalue weighted by atomic mass is 16.3. The van der Waals surface area contributed by atoms with Crippen molar-refractivity contribution in [3.8, 4) is 11.1 Å². The minimum absolute atomic E-state index is 0.00875. The smallest absolute Gasteiger partial charge is 0.252 e. The molecule has 2 aliphatic heterocycles. The summed E-state index contributed by atoms with van der Waals surface area (Å²) in [5, 5.41) is 4.54. The SMILES string of the molecule is CC(C)(C)c1ccc2c(c1)N(c1ccc(-c3cccc4c3oc3ccccc34)cc1)c1cc(C(C)(C)C)cc3c1B2c1ccc(C(C)(C)C)cc1N3c1ccc2c(c1)oc1ccccc12. The molecule has 5 heteroatoms. The lowest BCUT2D eigenvalue weighted by Gasteiger charge is -2.45. The zero-order valence-corrected chi connectivity index (χ0v) is 38.8. The van der Waals surface area contributed by atoms with Crippen LogP contribution in [0.2, 0.25) is 0 Å². The number of furan rings is 2. The van der Waals surface area contributed by atoms with E-state index in [1.807, 2.05) is 12.1 Å². The van der Waals surface area contributed by atoms with Crippen LogP contribution in [0, 0.1) is 0 Å². The first-order valence-electron chi connectivity index (χ1n) is 23.1. The Morgan fingerprint density at radius 1 is 0.385 bits per heavy atom. The van der Waals surface area contributed by atoms with Crippen LogP contribution in [0.1, 0.15) is 79.0 Å². The summed E-state index contributed by atoms with van der Waals surface area (Å²) in [5.74, 6) is 0. The summed E-state index contributed by atoms with van der Waals surface area (Å²) in [7, 11) is 0. The van der Waals surface area contributed by atoms with E-state index in [4.69, 9.17) is 8.83 Å². The van der Waals surface area contributed by atoms with Gasteiger partial charge in [-0.1, -0.05) is 153 Å². The molecule has 65 heavy (non-hydrogen) atoms. The monoisotopic (exact) mass is 844 g/mol. The minimum Gasteiger partial charge on any atom is -0.456 e. The van der Waals surface area contributed by atoms with Gasteiger partial charge < -0.3 is 18.6 Å². The molecule has 0 bridgehead atoms. The quantitative estimate of drug-likeness (QED) is 0.166. The van der Waals surface area contributed by atoms with Crippen LogP contribution in [0.3, 0.4) is 0 Å². The van der Waals surface area contributed by atoms with E-state index in [0.29, 0.717) is 0 Å². The minimum atomic E-state index is -0.142. The highest BCUT2D eigenvalue weighted by molar-refractivity contribution is 7.00. The van der Waals surface area contributed by atoms with Crippen molar-refractivity contribution in [3.63, 3.8) is 0 Å². The maximum absolute atomic E-state index is 6.59. The Bertz CT molecular complexity index is 3570. The number of nitrogens with zero attached hydrogens (tertiary/aromatic N) is 2. The van der Waals surface area contributed by atoms with Crippen LogP contribution in [-0.4, -0.2) is 6.71 Å². The van der Waals surface area contributed by atoms with Crippen LogP contribution < -0.4 is 26.2 Å².